The van der Waals surface area contributed by atoms with Gasteiger partial charge >= 0.3 is 0 Å². The third-order valence-corrected chi connectivity index (χ3v) is 3.90. The van der Waals surface area contributed by atoms with Gasteiger partial charge in [-0.15, -0.1) is 0 Å². The average molecular weight is 334 g/mol. The van der Waals surface area contributed by atoms with Gasteiger partial charge in [0.15, 0.2) is 0 Å². The molecule has 1 aromatic carbocycles. The maximum atomic E-state index is 12.0. The highest BCUT2D eigenvalue weighted by molar-refractivity contribution is 9.10. The van der Waals surface area contributed by atoms with Crippen LogP contribution in [0.3, 0.4) is 0 Å². The number of hydrogen-bond acceptors (Lipinski definition) is 3. The fourth-order valence-electron chi connectivity index (χ4n) is 1.92. The molecule has 0 radical (unpaired) electrons. The van der Waals surface area contributed by atoms with E-state index in [2.05, 4.69) is 26.6 Å². The van der Waals surface area contributed by atoms with Crippen LogP contribution >= 0.6 is 27.5 Å². The summed E-state index contributed by atoms with van der Waals surface area (Å²) in [4.78, 5) is 12.0. The summed E-state index contributed by atoms with van der Waals surface area (Å²) in [7, 11) is 0. The molecular weight excluding hydrogens is 320 g/mol. The molecule has 6 heteroatoms. The van der Waals surface area contributed by atoms with Crippen molar-refractivity contribution < 1.29 is 9.90 Å². The SMILES string of the molecule is O=C(NCC1CNCC1O)c1ccc(Cl)cc1Br. The zero-order valence-electron chi connectivity index (χ0n) is 9.62. The van der Waals surface area contributed by atoms with Crippen LogP contribution in [0.1, 0.15) is 10.4 Å². The Balaban J connectivity index is 1.95. The minimum Gasteiger partial charge on any atom is -0.391 e. The van der Waals surface area contributed by atoms with Crippen molar-refractivity contribution in [1.29, 1.82) is 0 Å². The van der Waals surface area contributed by atoms with E-state index in [4.69, 9.17) is 11.6 Å². The molecule has 0 spiro atoms. The van der Waals surface area contributed by atoms with E-state index in [-0.39, 0.29) is 17.9 Å². The summed E-state index contributed by atoms with van der Waals surface area (Å²) in [6.45, 7) is 1.77. The van der Waals surface area contributed by atoms with Gasteiger partial charge < -0.3 is 15.7 Å². The monoisotopic (exact) mass is 332 g/mol. The molecule has 4 nitrogen and oxygen atoms in total. The highest BCUT2D eigenvalue weighted by Crippen LogP contribution is 2.21. The molecule has 3 N–H and O–H groups in total. The Morgan fingerprint density at radius 3 is 2.94 bits per heavy atom. The molecule has 1 aliphatic rings. The van der Waals surface area contributed by atoms with Crippen LogP contribution in [-0.4, -0.2) is 36.8 Å². The highest BCUT2D eigenvalue weighted by Gasteiger charge is 2.25. The van der Waals surface area contributed by atoms with Crippen molar-refractivity contribution in [2.45, 2.75) is 6.10 Å². The Morgan fingerprint density at radius 2 is 2.33 bits per heavy atom. The number of hydrogen-bond donors (Lipinski definition) is 3. The molecule has 1 saturated heterocycles. The lowest BCUT2D eigenvalue weighted by molar-refractivity contribution is 0.0926. The third kappa shape index (κ3) is 3.23. The second-order valence-electron chi connectivity index (χ2n) is 4.32. The number of aliphatic hydroxyl groups excluding tert-OH is 1. The van der Waals surface area contributed by atoms with E-state index in [1.54, 1.807) is 18.2 Å². The molecule has 2 atom stereocenters. The van der Waals surface area contributed by atoms with E-state index in [0.29, 0.717) is 28.1 Å². The standard InChI is InChI=1S/C12H14BrClN2O2/c13-10-3-8(14)1-2-9(10)12(18)16-5-7-4-15-6-11(7)17/h1-3,7,11,15,17H,4-6H2,(H,16,18). The van der Waals surface area contributed by atoms with E-state index in [0.717, 1.165) is 6.54 Å². The van der Waals surface area contributed by atoms with E-state index < -0.39 is 0 Å². The predicted octanol–water partition coefficient (Wildman–Crippen LogP) is 1.41. The Hall–Kier alpha value is -0.620. The molecule has 1 aromatic rings. The van der Waals surface area contributed by atoms with E-state index in [1.807, 2.05) is 0 Å². The molecule has 1 aliphatic heterocycles. The van der Waals surface area contributed by atoms with Crippen LogP contribution in [0.4, 0.5) is 0 Å². The topological polar surface area (TPSA) is 61.4 Å². The molecule has 98 valence electrons. The van der Waals surface area contributed by atoms with Crippen LogP contribution in [0.15, 0.2) is 22.7 Å². The summed E-state index contributed by atoms with van der Waals surface area (Å²) in [6.07, 6.45) is -0.390. The predicted molar refractivity (Wildman–Crippen MR) is 73.9 cm³/mol. The lowest BCUT2D eigenvalue weighted by Crippen LogP contribution is -2.34. The second-order valence-corrected chi connectivity index (χ2v) is 5.61. The van der Waals surface area contributed by atoms with Gasteiger partial charge in [-0.3, -0.25) is 4.79 Å². The molecule has 1 heterocycles. The van der Waals surface area contributed by atoms with Gasteiger partial charge in [-0.05, 0) is 34.1 Å². The first-order chi connectivity index (χ1) is 8.58. The summed E-state index contributed by atoms with van der Waals surface area (Å²) in [6, 6.07) is 5.03. The zero-order chi connectivity index (χ0) is 13.1. The Kier molecular flexibility index (Phi) is 4.61. The van der Waals surface area contributed by atoms with Crippen molar-refractivity contribution in [3.05, 3.63) is 33.3 Å². The van der Waals surface area contributed by atoms with Crippen LogP contribution in [0.25, 0.3) is 0 Å². The molecule has 0 bridgehead atoms. The van der Waals surface area contributed by atoms with Crippen LogP contribution in [0.2, 0.25) is 5.02 Å². The van der Waals surface area contributed by atoms with Gasteiger partial charge in [0.05, 0.1) is 11.7 Å². The zero-order valence-corrected chi connectivity index (χ0v) is 12.0. The van der Waals surface area contributed by atoms with Gasteiger partial charge in [-0.25, -0.2) is 0 Å². The summed E-state index contributed by atoms with van der Waals surface area (Å²) in [5.74, 6) is -0.0994. The fourth-order valence-corrected chi connectivity index (χ4v) is 2.78. The van der Waals surface area contributed by atoms with Gasteiger partial charge in [-0.2, -0.15) is 0 Å². The lowest BCUT2D eigenvalue weighted by atomic mass is 10.1. The van der Waals surface area contributed by atoms with Crippen LogP contribution in [0.5, 0.6) is 0 Å². The number of β-amino-alcohol motifs (C(OH)–C–C–N with tert-alkyl or cyclic N) is 1. The van der Waals surface area contributed by atoms with Gasteiger partial charge in [0.25, 0.3) is 5.91 Å². The molecule has 18 heavy (non-hydrogen) atoms. The summed E-state index contributed by atoms with van der Waals surface area (Å²) in [5.41, 5.74) is 0.542. The Morgan fingerprint density at radius 1 is 1.56 bits per heavy atom. The minimum atomic E-state index is -0.390. The molecule has 1 fully saturated rings. The number of carbonyl (C=O) groups is 1. The number of carbonyl (C=O) groups excluding carboxylic acids is 1. The quantitative estimate of drug-likeness (QED) is 0.784. The smallest absolute Gasteiger partial charge is 0.252 e. The van der Waals surface area contributed by atoms with Crippen LogP contribution < -0.4 is 10.6 Å². The van der Waals surface area contributed by atoms with E-state index in [9.17, 15) is 9.90 Å². The van der Waals surface area contributed by atoms with Gasteiger partial charge in [0, 0.05) is 35.0 Å². The largest absolute Gasteiger partial charge is 0.391 e. The maximum Gasteiger partial charge on any atom is 0.252 e. The number of halogens is 2. The Bertz CT molecular complexity index is 456. The van der Waals surface area contributed by atoms with Crippen molar-refractivity contribution in [2.24, 2.45) is 5.92 Å². The number of nitrogens with one attached hydrogen (secondary N) is 2. The lowest BCUT2D eigenvalue weighted by Gasteiger charge is -2.14. The fraction of sp³-hybridized carbons (Fsp3) is 0.417. The third-order valence-electron chi connectivity index (χ3n) is 3.00. The molecule has 1 amide bonds. The first-order valence-corrected chi connectivity index (χ1v) is 6.87. The summed E-state index contributed by atoms with van der Waals surface area (Å²) >= 11 is 9.12. The Labute approximate surface area is 119 Å². The first-order valence-electron chi connectivity index (χ1n) is 5.70. The van der Waals surface area contributed by atoms with Crippen molar-refractivity contribution in [3.63, 3.8) is 0 Å². The van der Waals surface area contributed by atoms with Crippen molar-refractivity contribution in [2.75, 3.05) is 19.6 Å². The second kappa shape index (κ2) is 6.02. The first kappa shape index (κ1) is 13.8. The number of aliphatic hydroxyl groups is 1. The van der Waals surface area contributed by atoms with E-state index in [1.165, 1.54) is 0 Å². The van der Waals surface area contributed by atoms with Gasteiger partial charge in [0.1, 0.15) is 0 Å². The van der Waals surface area contributed by atoms with Gasteiger partial charge in [-0.1, -0.05) is 11.6 Å². The normalized spacial score (nSPS) is 23.1. The highest BCUT2D eigenvalue weighted by atomic mass is 79.9. The van der Waals surface area contributed by atoms with Crippen molar-refractivity contribution in [3.8, 4) is 0 Å². The molecular formula is C12H14BrClN2O2. The van der Waals surface area contributed by atoms with Crippen LogP contribution in [-0.2, 0) is 0 Å². The van der Waals surface area contributed by atoms with Crippen molar-refractivity contribution in [1.82, 2.24) is 10.6 Å². The molecule has 2 unspecified atom stereocenters. The number of rotatable bonds is 3. The summed E-state index contributed by atoms with van der Waals surface area (Å²) < 4.78 is 0.664. The van der Waals surface area contributed by atoms with Crippen LogP contribution in [0, 0.1) is 5.92 Å². The minimum absolute atomic E-state index is 0.0695. The molecule has 0 saturated carbocycles. The molecule has 0 aromatic heterocycles. The van der Waals surface area contributed by atoms with Crippen molar-refractivity contribution >= 4 is 33.4 Å². The average Bonchev–Trinajstić information content (AvgIpc) is 2.72. The molecule has 0 aliphatic carbocycles. The maximum absolute atomic E-state index is 12.0. The summed E-state index contributed by atoms with van der Waals surface area (Å²) in [5, 5.41) is 16.1. The van der Waals surface area contributed by atoms with Gasteiger partial charge in [0.2, 0.25) is 0 Å². The molecule has 2 rings (SSSR count). The number of benzene rings is 1. The van der Waals surface area contributed by atoms with E-state index >= 15 is 0 Å². The number of amides is 1.